The second-order valence-electron chi connectivity index (χ2n) is 7.11. The van der Waals surface area contributed by atoms with E-state index in [2.05, 4.69) is 11.8 Å². The fourth-order valence-electron chi connectivity index (χ4n) is 4.07. The zero-order valence-electron chi connectivity index (χ0n) is 14.9. The van der Waals surface area contributed by atoms with Gasteiger partial charge in [-0.25, -0.2) is 4.39 Å². The van der Waals surface area contributed by atoms with Crippen LogP contribution in [0.5, 0.6) is 0 Å². The Morgan fingerprint density at radius 1 is 1.04 bits per heavy atom. The summed E-state index contributed by atoms with van der Waals surface area (Å²) in [6, 6.07) is 5.78. The molecule has 0 radical (unpaired) electrons. The quantitative estimate of drug-likeness (QED) is 0.787. The van der Waals surface area contributed by atoms with Gasteiger partial charge >= 0.3 is 0 Å². The minimum atomic E-state index is -0.329. The maximum atomic E-state index is 13.0. The van der Waals surface area contributed by atoms with Crippen LogP contribution in [0.3, 0.4) is 0 Å². The number of carbonyl (C=O) groups excluding carboxylic acids is 2. The Kier molecular flexibility index (Phi) is 5.84. The Morgan fingerprint density at radius 2 is 1.72 bits per heavy atom. The van der Waals surface area contributed by atoms with Crippen molar-refractivity contribution in [1.29, 1.82) is 0 Å². The number of nitrogens with zero attached hydrogens (tertiary/aromatic N) is 2. The minimum absolute atomic E-state index is 0.0168. The average molecular weight is 346 g/mol. The molecule has 2 heterocycles. The lowest BCUT2D eigenvalue weighted by atomic mass is 9.88. The molecule has 1 aromatic rings. The largest absolute Gasteiger partial charge is 0.341 e. The summed E-state index contributed by atoms with van der Waals surface area (Å²) < 4.78 is 13.0. The Morgan fingerprint density at radius 3 is 2.36 bits per heavy atom. The fraction of sp³-hybridized carbons (Fsp3) is 0.600. The highest BCUT2D eigenvalue weighted by atomic mass is 19.1. The molecule has 2 aliphatic heterocycles. The zero-order valence-corrected chi connectivity index (χ0v) is 14.9. The molecule has 0 aromatic heterocycles. The second kappa shape index (κ2) is 8.09. The number of hydrogen-bond acceptors (Lipinski definition) is 3. The Bertz CT molecular complexity index is 609. The number of ketones is 1. The number of likely N-dealkylation sites (N-methyl/N-ethyl adjacent to an activating group) is 1. The van der Waals surface area contributed by atoms with Crippen molar-refractivity contribution in [2.75, 3.05) is 26.2 Å². The van der Waals surface area contributed by atoms with Crippen molar-refractivity contribution in [3.63, 3.8) is 0 Å². The number of rotatable bonds is 4. The van der Waals surface area contributed by atoms with Crippen LogP contribution < -0.4 is 0 Å². The van der Waals surface area contributed by atoms with E-state index in [-0.39, 0.29) is 29.5 Å². The summed E-state index contributed by atoms with van der Waals surface area (Å²) >= 11 is 0. The van der Waals surface area contributed by atoms with Crippen LogP contribution in [0.2, 0.25) is 0 Å². The van der Waals surface area contributed by atoms with Gasteiger partial charge in [0.2, 0.25) is 5.91 Å². The molecule has 1 aromatic carbocycles. The maximum Gasteiger partial charge on any atom is 0.239 e. The van der Waals surface area contributed by atoms with Gasteiger partial charge in [0.05, 0.1) is 6.04 Å². The van der Waals surface area contributed by atoms with Gasteiger partial charge in [0, 0.05) is 24.6 Å². The first kappa shape index (κ1) is 18.1. The van der Waals surface area contributed by atoms with Gasteiger partial charge in [-0.3, -0.25) is 14.5 Å². The molecule has 4 nitrogen and oxygen atoms in total. The summed E-state index contributed by atoms with van der Waals surface area (Å²) in [5.41, 5.74) is 0.565. The SMILES string of the molecule is CCN1CCCC[C@H]1C(=O)N1CCC(C(=O)c2ccc(F)cc2)CC1. The minimum Gasteiger partial charge on any atom is -0.341 e. The summed E-state index contributed by atoms with van der Waals surface area (Å²) in [6.07, 6.45) is 4.63. The number of likely N-dealkylation sites (tertiary alicyclic amines) is 2. The van der Waals surface area contributed by atoms with Crippen LogP contribution in [0.1, 0.15) is 49.4 Å². The summed E-state index contributed by atoms with van der Waals surface area (Å²) in [5.74, 6) is -0.0951. The van der Waals surface area contributed by atoms with Crippen LogP contribution in [-0.4, -0.2) is 53.7 Å². The predicted octanol–water partition coefficient (Wildman–Crippen LogP) is 3.12. The lowest BCUT2D eigenvalue weighted by Gasteiger charge is -2.39. The van der Waals surface area contributed by atoms with Gasteiger partial charge in [0.1, 0.15) is 5.82 Å². The van der Waals surface area contributed by atoms with Crippen LogP contribution in [-0.2, 0) is 4.79 Å². The molecule has 2 aliphatic rings. The highest BCUT2D eigenvalue weighted by Crippen LogP contribution is 2.25. The Hall–Kier alpha value is -1.75. The van der Waals surface area contributed by atoms with Gasteiger partial charge in [-0.2, -0.15) is 0 Å². The van der Waals surface area contributed by atoms with Crippen LogP contribution >= 0.6 is 0 Å². The molecule has 136 valence electrons. The van der Waals surface area contributed by atoms with E-state index in [9.17, 15) is 14.0 Å². The zero-order chi connectivity index (χ0) is 17.8. The molecule has 3 rings (SSSR count). The van der Waals surface area contributed by atoms with Crippen LogP contribution in [0.25, 0.3) is 0 Å². The first-order valence-corrected chi connectivity index (χ1v) is 9.42. The molecule has 0 bridgehead atoms. The van der Waals surface area contributed by atoms with Crippen molar-refractivity contribution in [3.8, 4) is 0 Å². The van der Waals surface area contributed by atoms with Crippen molar-refractivity contribution in [2.24, 2.45) is 5.92 Å². The molecule has 25 heavy (non-hydrogen) atoms. The number of halogens is 1. The normalized spacial score (nSPS) is 22.8. The molecule has 1 atom stereocenters. The summed E-state index contributed by atoms with van der Waals surface area (Å²) in [5, 5.41) is 0. The smallest absolute Gasteiger partial charge is 0.239 e. The Balaban J connectivity index is 1.56. The standard InChI is InChI=1S/C20H27FN2O2/c1-2-22-12-4-3-5-18(22)20(25)23-13-10-16(11-14-23)19(24)15-6-8-17(21)9-7-15/h6-9,16,18H,2-5,10-14H2,1H3/t18-/m0/s1. The molecular weight excluding hydrogens is 319 g/mol. The molecule has 0 spiro atoms. The van der Waals surface area contributed by atoms with E-state index >= 15 is 0 Å². The molecule has 1 amide bonds. The number of hydrogen-bond donors (Lipinski definition) is 0. The molecule has 0 aliphatic carbocycles. The van der Waals surface area contributed by atoms with Crippen molar-refractivity contribution in [2.45, 2.75) is 45.1 Å². The Labute approximate surface area is 149 Å². The van der Waals surface area contributed by atoms with Crippen LogP contribution in [0.4, 0.5) is 4.39 Å². The van der Waals surface area contributed by atoms with Crippen molar-refractivity contribution in [3.05, 3.63) is 35.6 Å². The van der Waals surface area contributed by atoms with Crippen LogP contribution in [0.15, 0.2) is 24.3 Å². The molecular formula is C20H27FN2O2. The van der Waals surface area contributed by atoms with Gasteiger partial charge in [-0.15, -0.1) is 0 Å². The van der Waals surface area contributed by atoms with E-state index in [4.69, 9.17) is 0 Å². The maximum absolute atomic E-state index is 13.0. The highest BCUT2D eigenvalue weighted by molar-refractivity contribution is 5.98. The van der Waals surface area contributed by atoms with Gasteiger partial charge in [-0.05, 0) is 63.0 Å². The number of piperidine rings is 2. The molecule has 5 heteroatoms. The summed E-state index contributed by atoms with van der Waals surface area (Å²) in [4.78, 5) is 29.6. The van der Waals surface area contributed by atoms with Gasteiger partial charge < -0.3 is 4.90 Å². The molecule has 2 fully saturated rings. The lowest BCUT2D eigenvalue weighted by Crippen LogP contribution is -2.52. The van der Waals surface area contributed by atoms with Crippen molar-refractivity contribution in [1.82, 2.24) is 9.80 Å². The molecule has 2 saturated heterocycles. The second-order valence-corrected chi connectivity index (χ2v) is 7.11. The third kappa shape index (κ3) is 4.09. The van der Waals surface area contributed by atoms with Gasteiger partial charge in [-0.1, -0.05) is 13.3 Å². The fourth-order valence-corrected chi connectivity index (χ4v) is 4.07. The van der Waals surface area contributed by atoms with Crippen molar-refractivity contribution < 1.29 is 14.0 Å². The summed E-state index contributed by atoms with van der Waals surface area (Å²) in [6.45, 7) is 5.32. The topological polar surface area (TPSA) is 40.6 Å². The molecule has 0 N–H and O–H groups in total. The molecule has 0 unspecified atom stereocenters. The van der Waals surface area contributed by atoms with E-state index in [1.807, 2.05) is 4.90 Å². The summed E-state index contributed by atoms with van der Waals surface area (Å²) in [7, 11) is 0. The van der Waals surface area contributed by atoms with E-state index in [0.29, 0.717) is 31.5 Å². The lowest BCUT2D eigenvalue weighted by molar-refractivity contribution is -0.139. The van der Waals surface area contributed by atoms with Gasteiger partial charge in [0.15, 0.2) is 5.78 Å². The van der Waals surface area contributed by atoms with Crippen LogP contribution in [0, 0.1) is 11.7 Å². The van der Waals surface area contributed by atoms with E-state index in [1.54, 1.807) is 12.1 Å². The van der Waals surface area contributed by atoms with E-state index in [0.717, 1.165) is 25.9 Å². The monoisotopic (exact) mass is 346 g/mol. The predicted molar refractivity (Wildman–Crippen MR) is 94.9 cm³/mol. The van der Waals surface area contributed by atoms with Crippen molar-refractivity contribution >= 4 is 11.7 Å². The first-order valence-electron chi connectivity index (χ1n) is 9.42. The highest BCUT2D eigenvalue weighted by Gasteiger charge is 2.34. The third-order valence-corrected chi connectivity index (χ3v) is 5.61. The number of amides is 1. The average Bonchev–Trinajstić information content (AvgIpc) is 2.67. The van der Waals surface area contributed by atoms with E-state index < -0.39 is 0 Å². The first-order chi connectivity index (χ1) is 12.1. The molecule has 0 saturated carbocycles. The number of Topliss-reactive ketones (excluding diaryl/α,β-unsaturated/α-hetero) is 1. The van der Waals surface area contributed by atoms with E-state index in [1.165, 1.54) is 18.6 Å². The number of benzene rings is 1. The van der Waals surface area contributed by atoms with Gasteiger partial charge in [0.25, 0.3) is 0 Å². The number of carbonyl (C=O) groups is 2. The third-order valence-electron chi connectivity index (χ3n) is 5.61.